The molecule has 3 aliphatic carbocycles. The zero-order chi connectivity index (χ0) is 21.4. The van der Waals surface area contributed by atoms with E-state index in [1.807, 2.05) is 5.32 Å². The van der Waals surface area contributed by atoms with E-state index in [4.69, 9.17) is 14.4 Å². The van der Waals surface area contributed by atoms with E-state index in [2.05, 4.69) is 31.0 Å². The van der Waals surface area contributed by atoms with Gasteiger partial charge in [-0.05, 0) is 43.4 Å². The molecule has 1 aromatic heterocycles. The van der Waals surface area contributed by atoms with E-state index in [0.717, 1.165) is 12.8 Å². The van der Waals surface area contributed by atoms with Crippen LogP contribution in [0.15, 0.2) is 11.0 Å². The molecule has 2 bridgehead atoms. The van der Waals surface area contributed by atoms with Crippen LogP contribution >= 0.6 is 0 Å². The van der Waals surface area contributed by atoms with Crippen LogP contribution in [0.2, 0.25) is 0 Å². The lowest BCUT2D eigenvalue weighted by atomic mass is 9.43. The lowest BCUT2D eigenvalue weighted by Crippen LogP contribution is -2.65. The van der Waals surface area contributed by atoms with Gasteiger partial charge in [0.2, 0.25) is 5.91 Å². The van der Waals surface area contributed by atoms with Crippen molar-refractivity contribution in [2.24, 2.45) is 17.3 Å². The highest BCUT2D eigenvalue weighted by molar-refractivity contribution is 6.46. The Labute approximate surface area is 173 Å². The van der Waals surface area contributed by atoms with E-state index in [1.165, 1.54) is 10.8 Å². The Kier molecular flexibility index (Phi) is 4.11. The molecular formula is C19H25BN4O6. The minimum atomic E-state index is -1.36. The minimum absolute atomic E-state index is 0.0637. The van der Waals surface area contributed by atoms with Gasteiger partial charge in [0.25, 0.3) is 5.56 Å². The van der Waals surface area contributed by atoms with Gasteiger partial charge in [0.1, 0.15) is 17.6 Å². The van der Waals surface area contributed by atoms with Gasteiger partial charge in [-0.25, -0.2) is 9.78 Å². The SMILES string of the molecule is CC1(C)[C@@H]2C[C@H]3OB(NC(=O)[C@@H]4CCc5ncc(NC(=O)O)c(=O)n54)O[C@@]3(C)[C@H]1C2. The number of aromatic nitrogens is 2. The number of carboxylic acid groups (broad SMARTS) is 1. The van der Waals surface area contributed by atoms with Gasteiger partial charge in [-0.1, -0.05) is 13.8 Å². The molecule has 160 valence electrons. The van der Waals surface area contributed by atoms with Crippen LogP contribution in [0.3, 0.4) is 0 Å². The van der Waals surface area contributed by atoms with Crippen molar-refractivity contribution < 1.29 is 24.0 Å². The monoisotopic (exact) mass is 416 g/mol. The van der Waals surface area contributed by atoms with Crippen molar-refractivity contribution >= 4 is 24.9 Å². The average molecular weight is 416 g/mol. The molecule has 2 amide bonds. The summed E-state index contributed by atoms with van der Waals surface area (Å²) in [6.45, 7) is 6.59. The van der Waals surface area contributed by atoms with Crippen molar-refractivity contribution in [2.45, 2.75) is 64.2 Å². The highest BCUT2D eigenvalue weighted by Gasteiger charge is 2.68. The lowest BCUT2D eigenvalue weighted by Gasteiger charge is -2.64. The molecule has 10 nitrogen and oxygen atoms in total. The maximum absolute atomic E-state index is 13.0. The van der Waals surface area contributed by atoms with Crippen LogP contribution in [-0.2, 0) is 20.5 Å². The zero-order valence-corrected chi connectivity index (χ0v) is 17.2. The molecule has 5 atom stereocenters. The van der Waals surface area contributed by atoms with Crippen LogP contribution < -0.4 is 16.1 Å². The molecule has 30 heavy (non-hydrogen) atoms. The third-order valence-corrected chi connectivity index (χ3v) is 7.78. The van der Waals surface area contributed by atoms with Gasteiger partial charge >= 0.3 is 13.3 Å². The van der Waals surface area contributed by atoms with Gasteiger partial charge in [0, 0.05) is 6.42 Å². The van der Waals surface area contributed by atoms with Crippen molar-refractivity contribution in [3.63, 3.8) is 0 Å². The van der Waals surface area contributed by atoms with Gasteiger partial charge in [-0.15, -0.1) is 0 Å². The van der Waals surface area contributed by atoms with Crippen molar-refractivity contribution in [1.29, 1.82) is 0 Å². The first-order chi connectivity index (χ1) is 14.1. The molecule has 0 unspecified atom stereocenters. The molecule has 4 fully saturated rings. The van der Waals surface area contributed by atoms with Crippen molar-refractivity contribution in [1.82, 2.24) is 14.8 Å². The van der Waals surface area contributed by atoms with E-state index in [9.17, 15) is 14.4 Å². The summed E-state index contributed by atoms with van der Waals surface area (Å²) in [5.41, 5.74) is -1.01. The molecule has 11 heteroatoms. The highest BCUT2D eigenvalue weighted by atomic mass is 16.7. The predicted molar refractivity (Wildman–Crippen MR) is 106 cm³/mol. The fourth-order valence-electron chi connectivity index (χ4n) is 5.99. The Morgan fingerprint density at radius 3 is 2.80 bits per heavy atom. The number of anilines is 1. The number of carbonyl (C=O) groups is 2. The summed E-state index contributed by atoms with van der Waals surface area (Å²) in [5.74, 6) is 1.03. The van der Waals surface area contributed by atoms with Gasteiger partial charge in [-0.3, -0.25) is 19.5 Å². The first-order valence-corrected chi connectivity index (χ1v) is 10.3. The molecule has 2 aliphatic heterocycles. The third kappa shape index (κ3) is 2.64. The number of nitrogens with one attached hydrogen (secondary N) is 2. The smallest absolute Gasteiger partial charge is 0.465 e. The fourth-order valence-corrected chi connectivity index (χ4v) is 5.99. The van der Waals surface area contributed by atoms with E-state index in [0.29, 0.717) is 30.5 Å². The summed E-state index contributed by atoms with van der Waals surface area (Å²) in [6.07, 6.45) is 2.63. The van der Waals surface area contributed by atoms with Gasteiger partial charge in [-0.2, -0.15) is 0 Å². The number of rotatable bonds is 3. The molecule has 1 saturated heterocycles. The summed E-state index contributed by atoms with van der Waals surface area (Å²) in [6, 6.07) is -0.789. The maximum Gasteiger partial charge on any atom is 0.593 e. The Morgan fingerprint density at radius 2 is 2.10 bits per heavy atom. The average Bonchev–Trinajstić information content (AvgIpc) is 3.23. The van der Waals surface area contributed by atoms with Gasteiger partial charge < -0.3 is 19.6 Å². The number of carbonyl (C=O) groups excluding carboxylic acids is 1. The molecule has 0 radical (unpaired) electrons. The zero-order valence-electron chi connectivity index (χ0n) is 17.2. The molecule has 3 heterocycles. The fraction of sp³-hybridized carbons (Fsp3) is 0.684. The number of hydrogen-bond acceptors (Lipinski definition) is 6. The van der Waals surface area contributed by atoms with E-state index in [1.54, 1.807) is 0 Å². The van der Waals surface area contributed by atoms with Crippen LogP contribution in [0, 0.1) is 17.3 Å². The van der Waals surface area contributed by atoms with E-state index < -0.39 is 36.5 Å². The molecule has 1 aromatic rings. The first-order valence-electron chi connectivity index (χ1n) is 10.3. The van der Waals surface area contributed by atoms with Crippen molar-refractivity contribution in [3.8, 4) is 0 Å². The van der Waals surface area contributed by atoms with Crippen LogP contribution in [0.4, 0.5) is 10.5 Å². The summed E-state index contributed by atoms with van der Waals surface area (Å²) in [5, 5.41) is 13.7. The second kappa shape index (κ2) is 6.30. The number of fused-ring (bicyclic) bond motifs is 1. The number of nitrogens with zero attached hydrogens (tertiary/aromatic N) is 2. The second-order valence-corrected chi connectivity index (χ2v) is 9.56. The van der Waals surface area contributed by atoms with Crippen LogP contribution in [0.1, 0.15) is 51.9 Å². The molecule has 3 saturated carbocycles. The minimum Gasteiger partial charge on any atom is -0.465 e. The summed E-state index contributed by atoms with van der Waals surface area (Å²) in [7, 11) is -0.865. The largest absolute Gasteiger partial charge is 0.593 e. The lowest BCUT2D eigenvalue weighted by molar-refractivity contribution is -0.199. The molecular weight excluding hydrogens is 391 g/mol. The van der Waals surface area contributed by atoms with Crippen LogP contribution in [-0.4, -0.2) is 45.6 Å². The van der Waals surface area contributed by atoms with Crippen molar-refractivity contribution in [3.05, 3.63) is 22.4 Å². The number of aryl methyl sites for hydroxylation is 1. The predicted octanol–water partition coefficient (Wildman–Crippen LogP) is 1.16. The number of hydrogen-bond donors (Lipinski definition) is 3. The van der Waals surface area contributed by atoms with Crippen LogP contribution in [0.5, 0.6) is 0 Å². The Bertz CT molecular complexity index is 996. The summed E-state index contributed by atoms with van der Waals surface area (Å²) in [4.78, 5) is 40.7. The van der Waals surface area contributed by atoms with Crippen LogP contribution in [0.25, 0.3) is 0 Å². The normalized spacial score (nSPS) is 35.2. The highest BCUT2D eigenvalue weighted by Crippen LogP contribution is 2.65. The summed E-state index contributed by atoms with van der Waals surface area (Å²) < 4.78 is 13.5. The topological polar surface area (TPSA) is 132 Å². The Balaban J connectivity index is 1.33. The molecule has 5 aliphatic rings. The second-order valence-electron chi connectivity index (χ2n) is 9.56. The molecule has 6 rings (SSSR count). The Morgan fingerprint density at radius 1 is 1.33 bits per heavy atom. The number of amides is 2. The van der Waals surface area contributed by atoms with Crippen molar-refractivity contribution in [2.75, 3.05) is 5.32 Å². The first kappa shape index (κ1) is 19.6. The van der Waals surface area contributed by atoms with Gasteiger partial charge in [0.15, 0.2) is 0 Å². The standard InChI is InChI=1S/C19H25BN4O6/c1-18(2)9-6-12(18)19(3)13(7-9)29-20(30-19)23-15(25)11-4-5-14-21-8-10(22-17(27)28)16(26)24(11)14/h8-9,11-13,22H,4-7H2,1-3H3,(H,23,25)(H,27,28)/t9-,11-,12-,13+,19-/m0/s1. The van der Waals surface area contributed by atoms with E-state index >= 15 is 0 Å². The molecule has 3 N–H and O–H groups in total. The van der Waals surface area contributed by atoms with Gasteiger partial charge in [0.05, 0.1) is 17.9 Å². The maximum atomic E-state index is 13.0. The quantitative estimate of drug-likeness (QED) is 0.630. The third-order valence-electron chi connectivity index (χ3n) is 7.78. The summed E-state index contributed by atoms with van der Waals surface area (Å²) >= 11 is 0. The molecule has 0 spiro atoms. The Hall–Kier alpha value is -2.40. The van der Waals surface area contributed by atoms with E-state index in [-0.39, 0.29) is 17.2 Å². The molecule has 0 aromatic carbocycles.